The molecule has 12 heavy (non-hydrogen) atoms. The van der Waals surface area contributed by atoms with Crippen LogP contribution in [-0.4, -0.2) is 11.6 Å². The van der Waals surface area contributed by atoms with Crippen molar-refractivity contribution in [2.45, 2.75) is 44.6 Å². The first-order valence-electron chi connectivity index (χ1n) is 4.52. The normalized spacial score (nSPS) is 21.4. The van der Waals surface area contributed by atoms with Crippen molar-refractivity contribution < 1.29 is 9.53 Å². The Kier molecular flexibility index (Phi) is 2.90. The van der Waals surface area contributed by atoms with Gasteiger partial charge >= 0.3 is 5.97 Å². The summed E-state index contributed by atoms with van der Waals surface area (Å²) in [4.78, 5) is 10.8. The van der Waals surface area contributed by atoms with Gasteiger partial charge in [-0.1, -0.05) is 13.0 Å². The molecule has 0 heterocycles. The maximum Gasteiger partial charge on any atom is 0.303 e. The average molecular weight is 168 g/mol. The van der Waals surface area contributed by atoms with Crippen LogP contribution in [0.3, 0.4) is 0 Å². The summed E-state index contributed by atoms with van der Waals surface area (Å²) in [5.74, 6) is -0.197. The highest BCUT2D eigenvalue weighted by Gasteiger charge is 2.31. The molecule has 1 aliphatic carbocycles. The van der Waals surface area contributed by atoms with E-state index in [-0.39, 0.29) is 11.6 Å². The Bertz CT molecular complexity index is 178. The van der Waals surface area contributed by atoms with Crippen LogP contribution in [0, 0.1) is 0 Å². The maximum absolute atomic E-state index is 10.8. The first-order chi connectivity index (χ1) is 5.68. The van der Waals surface area contributed by atoms with Crippen LogP contribution in [0.2, 0.25) is 0 Å². The zero-order valence-corrected chi connectivity index (χ0v) is 7.64. The molecular weight excluding hydrogens is 152 g/mol. The molecule has 0 unspecified atom stereocenters. The Morgan fingerprint density at radius 3 is 2.42 bits per heavy atom. The van der Waals surface area contributed by atoms with Crippen LogP contribution in [0.5, 0.6) is 0 Å². The van der Waals surface area contributed by atoms with Crippen molar-refractivity contribution in [3.8, 4) is 0 Å². The minimum Gasteiger partial charge on any atom is -0.455 e. The van der Waals surface area contributed by atoms with Crippen molar-refractivity contribution >= 4 is 5.97 Å². The number of carbonyl (C=O) groups is 1. The second kappa shape index (κ2) is 3.74. The Morgan fingerprint density at radius 2 is 2.00 bits per heavy atom. The van der Waals surface area contributed by atoms with Crippen LogP contribution in [0.4, 0.5) is 0 Å². The molecule has 0 aliphatic heterocycles. The average Bonchev–Trinajstić information content (AvgIpc) is 2.05. The lowest BCUT2D eigenvalue weighted by Gasteiger charge is -2.33. The quantitative estimate of drug-likeness (QED) is 0.467. The molecule has 0 atom stereocenters. The fourth-order valence-corrected chi connectivity index (χ4v) is 1.78. The second-order valence-corrected chi connectivity index (χ2v) is 3.42. The predicted molar refractivity (Wildman–Crippen MR) is 47.8 cm³/mol. The van der Waals surface area contributed by atoms with E-state index in [1.54, 1.807) is 6.08 Å². The Morgan fingerprint density at radius 1 is 1.42 bits per heavy atom. The van der Waals surface area contributed by atoms with Gasteiger partial charge in [0.15, 0.2) is 0 Å². The number of rotatable bonds is 2. The smallest absolute Gasteiger partial charge is 0.303 e. The monoisotopic (exact) mass is 168 g/mol. The molecule has 0 spiro atoms. The van der Waals surface area contributed by atoms with Crippen molar-refractivity contribution in [2.75, 3.05) is 0 Å². The molecule has 0 aromatic carbocycles. The minimum absolute atomic E-state index is 0.197. The summed E-state index contributed by atoms with van der Waals surface area (Å²) >= 11 is 0. The zero-order valence-electron chi connectivity index (χ0n) is 7.64. The van der Waals surface area contributed by atoms with Crippen molar-refractivity contribution in [1.29, 1.82) is 0 Å². The first-order valence-corrected chi connectivity index (χ1v) is 4.52. The van der Waals surface area contributed by atoms with Crippen LogP contribution < -0.4 is 0 Å². The van der Waals surface area contributed by atoms with Gasteiger partial charge in [-0.2, -0.15) is 0 Å². The Labute approximate surface area is 73.6 Å². The van der Waals surface area contributed by atoms with Gasteiger partial charge in [-0.25, -0.2) is 0 Å². The third-order valence-electron chi connectivity index (χ3n) is 2.42. The van der Waals surface area contributed by atoms with Gasteiger partial charge in [0.1, 0.15) is 5.60 Å². The molecule has 2 nitrogen and oxygen atoms in total. The van der Waals surface area contributed by atoms with E-state index >= 15 is 0 Å². The van der Waals surface area contributed by atoms with Crippen molar-refractivity contribution in [1.82, 2.24) is 0 Å². The molecule has 1 aliphatic rings. The summed E-state index contributed by atoms with van der Waals surface area (Å²) in [5, 5.41) is 0. The van der Waals surface area contributed by atoms with Crippen LogP contribution >= 0.6 is 0 Å². The highest BCUT2D eigenvalue weighted by Crippen LogP contribution is 2.32. The number of ether oxygens (including phenoxy) is 1. The van der Waals surface area contributed by atoms with E-state index in [0.717, 1.165) is 25.7 Å². The van der Waals surface area contributed by atoms with Crippen LogP contribution in [0.1, 0.15) is 39.0 Å². The number of hydrogen-bond donors (Lipinski definition) is 0. The van der Waals surface area contributed by atoms with Crippen LogP contribution in [0.15, 0.2) is 12.7 Å². The number of esters is 1. The van der Waals surface area contributed by atoms with Crippen molar-refractivity contribution in [3.63, 3.8) is 0 Å². The summed E-state index contributed by atoms with van der Waals surface area (Å²) in [5.41, 5.74) is -0.343. The lowest BCUT2D eigenvalue weighted by Crippen LogP contribution is -2.34. The predicted octanol–water partition coefficient (Wildman–Crippen LogP) is 2.44. The highest BCUT2D eigenvalue weighted by atomic mass is 16.6. The molecule has 1 fully saturated rings. The molecule has 0 radical (unpaired) electrons. The molecule has 0 aromatic heterocycles. The van der Waals surface area contributed by atoms with E-state index in [1.807, 2.05) is 0 Å². The molecule has 0 saturated heterocycles. The number of hydrogen-bond acceptors (Lipinski definition) is 2. The summed E-state index contributed by atoms with van der Waals surface area (Å²) in [6.07, 6.45) is 7.19. The second-order valence-electron chi connectivity index (χ2n) is 3.42. The molecule has 0 aromatic rings. The summed E-state index contributed by atoms with van der Waals surface area (Å²) in [6, 6.07) is 0. The van der Waals surface area contributed by atoms with E-state index in [0.29, 0.717) is 0 Å². The van der Waals surface area contributed by atoms with Gasteiger partial charge in [0, 0.05) is 6.92 Å². The van der Waals surface area contributed by atoms with E-state index in [1.165, 1.54) is 13.3 Å². The van der Waals surface area contributed by atoms with Crippen LogP contribution in [-0.2, 0) is 9.53 Å². The Hall–Kier alpha value is -0.790. The first kappa shape index (κ1) is 9.30. The Balaban J connectivity index is 2.59. The molecule has 1 saturated carbocycles. The van der Waals surface area contributed by atoms with E-state index in [2.05, 4.69) is 6.58 Å². The summed E-state index contributed by atoms with van der Waals surface area (Å²) < 4.78 is 5.27. The van der Waals surface area contributed by atoms with E-state index < -0.39 is 0 Å². The van der Waals surface area contributed by atoms with Gasteiger partial charge in [0.05, 0.1) is 0 Å². The fraction of sp³-hybridized carbons (Fsp3) is 0.700. The third-order valence-corrected chi connectivity index (χ3v) is 2.42. The van der Waals surface area contributed by atoms with Gasteiger partial charge in [0.2, 0.25) is 0 Å². The minimum atomic E-state index is -0.343. The van der Waals surface area contributed by atoms with Gasteiger partial charge in [-0.05, 0) is 31.8 Å². The van der Waals surface area contributed by atoms with Crippen molar-refractivity contribution in [3.05, 3.63) is 12.7 Å². The summed E-state index contributed by atoms with van der Waals surface area (Å²) in [7, 11) is 0. The van der Waals surface area contributed by atoms with Gasteiger partial charge in [-0.15, -0.1) is 0 Å². The lowest BCUT2D eigenvalue weighted by molar-refractivity contribution is -0.154. The molecule has 2 heteroatoms. The zero-order chi connectivity index (χ0) is 9.03. The van der Waals surface area contributed by atoms with Crippen LogP contribution in [0.25, 0.3) is 0 Å². The lowest BCUT2D eigenvalue weighted by atomic mass is 9.85. The largest absolute Gasteiger partial charge is 0.455 e. The molecule has 0 amide bonds. The van der Waals surface area contributed by atoms with Crippen molar-refractivity contribution in [2.24, 2.45) is 0 Å². The summed E-state index contributed by atoms with van der Waals surface area (Å²) in [6.45, 7) is 5.19. The van der Waals surface area contributed by atoms with E-state index in [9.17, 15) is 4.79 Å². The molecule has 1 rings (SSSR count). The highest BCUT2D eigenvalue weighted by molar-refractivity contribution is 5.66. The SMILES string of the molecule is C=CC1(OC(C)=O)CCCCC1. The topological polar surface area (TPSA) is 26.3 Å². The van der Waals surface area contributed by atoms with Gasteiger partial charge < -0.3 is 4.74 Å². The number of carbonyl (C=O) groups excluding carboxylic acids is 1. The molecular formula is C10H16O2. The third kappa shape index (κ3) is 2.10. The molecule has 0 bridgehead atoms. The van der Waals surface area contributed by atoms with Gasteiger partial charge in [-0.3, -0.25) is 4.79 Å². The standard InChI is InChI=1S/C10H16O2/c1-3-10(12-9(2)11)7-5-4-6-8-10/h3H,1,4-8H2,2H3. The molecule has 0 N–H and O–H groups in total. The van der Waals surface area contributed by atoms with E-state index in [4.69, 9.17) is 4.74 Å². The molecule has 68 valence electrons. The maximum atomic E-state index is 10.8. The van der Waals surface area contributed by atoms with Gasteiger partial charge in [0.25, 0.3) is 0 Å². The fourth-order valence-electron chi connectivity index (χ4n) is 1.78.